The Morgan fingerprint density at radius 2 is 1.69 bits per heavy atom. The van der Waals surface area contributed by atoms with E-state index < -0.39 is 0 Å². The molecule has 0 amide bonds. The summed E-state index contributed by atoms with van der Waals surface area (Å²) < 4.78 is 0. The van der Waals surface area contributed by atoms with Gasteiger partial charge in [-0.15, -0.1) is 5.75 Å². The predicted octanol–water partition coefficient (Wildman–Crippen LogP) is 3.67. The van der Waals surface area contributed by atoms with Crippen molar-refractivity contribution < 1.29 is 5.11 Å². The molecule has 0 radical (unpaired) electrons. The van der Waals surface area contributed by atoms with E-state index in [9.17, 15) is 5.11 Å². The van der Waals surface area contributed by atoms with Crippen molar-refractivity contribution in [1.29, 1.82) is 0 Å². The third kappa shape index (κ3) is 7.79. The van der Waals surface area contributed by atoms with Gasteiger partial charge in [-0.05, 0) is 12.8 Å². The Morgan fingerprint density at radius 1 is 1.06 bits per heavy atom. The topological polar surface area (TPSA) is 23.1 Å². The van der Waals surface area contributed by atoms with Gasteiger partial charge in [0.25, 0.3) is 0 Å². The summed E-state index contributed by atoms with van der Waals surface area (Å²) in [5.74, 6) is 0.181. The van der Waals surface area contributed by atoms with E-state index in [0.29, 0.717) is 0 Å². The monoisotopic (exact) mass is 234 g/mol. The third-order valence-electron chi connectivity index (χ3n) is 2.35. The average molecular weight is 234 g/mol. The van der Waals surface area contributed by atoms with E-state index in [0.717, 1.165) is 40.0 Å². The van der Waals surface area contributed by atoms with Crippen molar-refractivity contribution in [2.75, 3.05) is 0 Å². The molecule has 0 bridgehead atoms. The van der Waals surface area contributed by atoms with Gasteiger partial charge in [-0.25, -0.2) is 0 Å². The molecule has 0 spiro atoms. The van der Waals surface area contributed by atoms with Gasteiger partial charge in [-0.3, -0.25) is 0 Å². The van der Waals surface area contributed by atoms with Crippen LogP contribution in [0.1, 0.15) is 39.2 Å². The molecule has 2 heteroatoms. The van der Waals surface area contributed by atoms with Crippen LogP contribution in [0.4, 0.5) is 0 Å². The van der Waals surface area contributed by atoms with Crippen LogP contribution >= 0.6 is 0 Å². The molecule has 0 saturated heterocycles. The van der Waals surface area contributed by atoms with Crippen molar-refractivity contribution in [1.82, 2.24) is 0 Å². The summed E-state index contributed by atoms with van der Waals surface area (Å²) in [6.45, 7) is 6.63. The van der Waals surface area contributed by atoms with Crippen molar-refractivity contribution in [3.63, 3.8) is 0 Å². The van der Waals surface area contributed by atoms with Crippen molar-refractivity contribution in [3.8, 4) is 5.75 Å². The molecule has 0 aromatic heterocycles. The molecule has 1 aromatic carbocycles. The summed E-state index contributed by atoms with van der Waals surface area (Å²) in [7, 11) is 0. The average Bonchev–Trinajstić information content (AvgIpc) is 2.30. The standard InChI is InChI=1S/C10H14O.2C2H5.Al/c1-2-3-6-9-7-4-5-8-10(9)11;2*1-2;/h4-5,7-8,11H,2-3,6H2,1H3;2*1H2,2H3;/q;;;+1/p-1. The molecular weight excluding hydrogens is 211 g/mol. The molecule has 0 aliphatic carbocycles. The van der Waals surface area contributed by atoms with E-state index in [-0.39, 0.29) is 5.75 Å². The summed E-state index contributed by atoms with van der Waals surface area (Å²) in [5, 5.41) is 14.0. The molecule has 0 fully saturated rings. The first kappa shape index (κ1) is 15.6. The van der Waals surface area contributed by atoms with Gasteiger partial charge in [-0.2, -0.15) is 0 Å². The number of hydrogen-bond donors (Lipinski definition) is 0. The second-order valence-corrected chi connectivity index (χ2v) is 6.03. The summed E-state index contributed by atoms with van der Waals surface area (Å²) in [4.78, 5) is 0. The van der Waals surface area contributed by atoms with Gasteiger partial charge in [0.05, 0.1) is 0 Å². The maximum atomic E-state index is 11.1. The summed E-state index contributed by atoms with van der Waals surface area (Å²) >= 11 is 0.815. The fourth-order valence-electron chi connectivity index (χ4n) is 1.37. The zero-order chi connectivity index (χ0) is 12.2. The Balaban J connectivity index is 0.000000385. The van der Waals surface area contributed by atoms with Crippen LogP contribution in [0.2, 0.25) is 10.6 Å². The fourth-order valence-corrected chi connectivity index (χ4v) is 1.94. The third-order valence-corrected chi connectivity index (χ3v) is 3.50. The molecule has 0 saturated carbocycles. The van der Waals surface area contributed by atoms with Gasteiger partial charge in [0.2, 0.25) is 0 Å². The van der Waals surface area contributed by atoms with Crippen LogP contribution in [0.5, 0.6) is 5.75 Å². The molecule has 1 nitrogen and oxygen atoms in total. The van der Waals surface area contributed by atoms with Crippen LogP contribution < -0.4 is 5.11 Å². The van der Waals surface area contributed by atoms with Crippen LogP contribution in [-0.2, 0) is 6.42 Å². The second kappa shape index (κ2) is 11.1. The van der Waals surface area contributed by atoms with Crippen LogP contribution in [0.3, 0.4) is 0 Å². The van der Waals surface area contributed by atoms with Crippen molar-refractivity contribution in [2.24, 2.45) is 0 Å². The van der Waals surface area contributed by atoms with Gasteiger partial charge < -0.3 is 5.11 Å². The molecule has 1 aromatic rings. The number of unbranched alkanes of at least 4 members (excludes halogenated alkanes) is 1. The first-order valence-electron chi connectivity index (χ1n) is 6.32. The zero-order valence-corrected chi connectivity index (χ0v) is 12.0. The Labute approximate surface area is 107 Å². The van der Waals surface area contributed by atoms with E-state index in [4.69, 9.17) is 0 Å². The van der Waals surface area contributed by atoms with E-state index in [1.165, 1.54) is 10.6 Å². The molecule has 0 aliphatic heterocycles. The minimum atomic E-state index is 0.181. The first-order valence-corrected chi connectivity index (χ1v) is 7.96. The van der Waals surface area contributed by atoms with Gasteiger partial charge in [0, 0.05) is 0 Å². The minimum absolute atomic E-state index is 0.181. The first-order chi connectivity index (χ1) is 7.76. The van der Waals surface area contributed by atoms with E-state index >= 15 is 0 Å². The number of benzene rings is 1. The predicted molar refractivity (Wildman–Crippen MR) is 71.2 cm³/mol. The summed E-state index contributed by atoms with van der Waals surface area (Å²) in [6, 6.07) is 7.26. The summed E-state index contributed by atoms with van der Waals surface area (Å²) in [6.07, 6.45) is 3.18. The number of rotatable bonds is 5. The van der Waals surface area contributed by atoms with Crippen molar-refractivity contribution in [3.05, 3.63) is 29.8 Å². The van der Waals surface area contributed by atoms with E-state index in [2.05, 4.69) is 20.8 Å². The Morgan fingerprint density at radius 3 is 2.12 bits per heavy atom. The number of hydrogen-bond acceptors (Lipinski definition) is 1. The second-order valence-electron chi connectivity index (χ2n) is 3.82. The zero-order valence-electron chi connectivity index (χ0n) is 10.8. The molecule has 1 rings (SSSR count). The summed E-state index contributed by atoms with van der Waals surface area (Å²) in [5.41, 5.74) is 0.953. The molecular formula is C14H23AlO. The van der Waals surface area contributed by atoms with Crippen LogP contribution in [0, 0.1) is 0 Å². The van der Waals surface area contributed by atoms with Crippen molar-refractivity contribution >= 4 is 15.2 Å². The van der Waals surface area contributed by atoms with Crippen LogP contribution in [0.15, 0.2) is 24.3 Å². The van der Waals surface area contributed by atoms with E-state index in [1.54, 1.807) is 12.1 Å². The molecule has 0 heterocycles. The van der Waals surface area contributed by atoms with Crippen LogP contribution in [0.25, 0.3) is 0 Å². The molecule has 0 aliphatic rings. The Hall–Kier alpha value is -0.448. The molecule has 0 atom stereocenters. The van der Waals surface area contributed by atoms with E-state index in [1.807, 2.05) is 12.1 Å². The Bertz CT molecular complexity index is 259. The number of aryl methyl sites for hydroxylation is 1. The molecule has 0 unspecified atom stereocenters. The number of para-hydroxylation sites is 1. The Kier molecular flexibility index (Phi) is 10.7. The molecule has 16 heavy (non-hydrogen) atoms. The van der Waals surface area contributed by atoms with Gasteiger partial charge >= 0.3 is 39.6 Å². The van der Waals surface area contributed by atoms with Gasteiger partial charge in [0.1, 0.15) is 0 Å². The molecule has 0 N–H and O–H groups in total. The SMILES string of the molecule is CCCCc1ccccc1[O-].C[CH2][Al+][CH2]C. The van der Waals surface area contributed by atoms with Crippen LogP contribution in [-0.4, -0.2) is 15.2 Å². The van der Waals surface area contributed by atoms with Crippen molar-refractivity contribution in [2.45, 2.75) is 50.6 Å². The fraction of sp³-hybridized carbons (Fsp3) is 0.571. The maximum absolute atomic E-state index is 11.1. The normalized spacial score (nSPS) is 8.94. The van der Waals surface area contributed by atoms with Gasteiger partial charge in [0.15, 0.2) is 0 Å². The molecule has 88 valence electrons. The van der Waals surface area contributed by atoms with Gasteiger partial charge in [-0.1, -0.05) is 43.2 Å². The quantitative estimate of drug-likeness (QED) is 0.713.